The second kappa shape index (κ2) is 6.09. The molecule has 3 aliphatic carbocycles. The SMILES string of the molecule is O=C1[C@H]2C3c4ccccc4C(c4ccccc43)[C@@H]2C(=O)N1c1cccc([NH+]([O-])O)c1. The quantitative estimate of drug-likeness (QED) is 0.513. The van der Waals surface area contributed by atoms with Crippen molar-refractivity contribution in [3.05, 3.63) is 100 Å². The van der Waals surface area contributed by atoms with Crippen molar-refractivity contribution in [2.45, 2.75) is 11.8 Å². The molecule has 1 unspecified atom stereocenters. The summed E-state index contributed by atoms with van der Waals surface area (Å²) in [5.41, 5.74) is 4.84. The largest absolute Gasteiger partial charge is 0.595 e. The van der Waals surface area contributed by atoms with Gasteiger partial charge < -0.3 is 5.21 Å². The van der Waals surface area contributed by atoms with Crippen LogP contribution in [0.5, 0.6) is 0 Å². The van der Waals surface area contributed by atoms with Crippen LogP contribution in [0.1, 0.15) is 34.1 Å². The molecular formula is C24H18N2O4. The lowest BCUT2D eigenvalue weighted by Crippen LogP contribution is -2.99. The summed E-state index contributed by atoms with van der Waals surface area (Å²) in [4.78, 5) is 28.4. The van der Waals surface area contributed by atoms with Gasteiger partial charge in [0, 0.05) is 24.0 Å². The molecule has 4 aliphatic rings. The summed E-state index contributed by atoms with van der Waals surface area (Å²) < 4.78 is 0. The molecule has 7 rings (SSSR count). The van der Waals surface area contributed by atoms with E-state index in [1.54, 1.807) is 12.1 Å². The van der Waals surface area contributed by atoms with Crippen LogP contribution in [0.25, 0.3) is 0 Å². The highest BCUT2D eigenvalue weighted by Gasteiger charge is 2.61. The molecule has 3 aromatic rings. The van der Waals surface area contributed by atoms with Gasteiger partial charge in [0.05, 0.1) is 17.5 Å². The fourth-order valence-corrected chi connectivity index (χ4v) is 5.71. The number of carbonyl (C=O) groups is 2. The Morgan fingerprint density at radius 2 is 1.20 bits per heavy atom. The van der Waals surface area contributed by atoms with Gasteiger partial charge in [0.25, 0.3) is 0 Å². The average molecular weight is 398 g/mol. The van der Waals surface area contributed by atoms with Gasteiger partial charge >= 0.3 is 0 Å². The van der Waals surface area contributed by atoms with E-state index < -0.39 is 17.1 Å². The summed E-state index contributed by atoms with van der Waals surface area (Å²) in [7, 11) is 0. The number of nitrogens with zero attached hydrogens (tertiary/aromatic N) is 1. The molecule has 148 valence electrons. The average Bonchev–Trinajstić information content (AvgIpc) is 3.04. The first kappa shape index (κ1) is 17.5. The molecule has 0 radical (unpaired) electrons. The van der Waals surface area contributed by atoms with Crippen LogP contribution in [-0.4, -0.2) is 17.0 Å². The zero-order valence-electron chi connectivity index (χ0n) is 15.9. The van der Waals surface area contributed by atoms with Gasteiger partial charge in [0.2, 0.25) is 11.8 Å². The van der Waals surface area contributed by atoms with E-state index in [4.69, 9.17) is 0 Å². The zero-order valence-corrected chi connectivity index (χ0v) is 15.9. The third kappa shape index (κ3) is 2.13. The molecular weight excluding hydrogens is 380 g/mol. The van der Waals surface area contributed by atoms with Crippen molar-refractivity contribution >= 4 is 23.2 Å². The molecule has 6 nitrogen and oxygen atoms in total. The molecule has 0 spiro atoms. The molecule has 0 aromatic heterocycles. The zero-order chi connectivity index (χ0) is 20.6. The first-order valence-corrected chi connectivity index (χ1v) is 9.96. The van der Waals surface area contributed by atoms with Crippen molar-refractivity contribution in [3.8, 4) is 0 Å². The second-order valence-electron chi connectivity index (χ2n) is 8.13. The summed E-state index contributed by atoms with van der Waals surface area (Å²) >= 11 is 0. The van der Waals surface area contributed by atoms with Gasteiger partial charge in [-0.25, -0.2) is 10.1 Å². The molecule has 2 amide bonds. The minimum Gasteiger partial charge on any atom is -0.595 e. The van der Waals surface area contributed by atoms with Gasteiger partial charge in [0.15, 0.2) is 5.69 Å². The number of hydrogen-bond acceptors (Lipinski definition) is 4. The Balaban J connectivity index is 1.53. The fraction of sp³-hybridized carbons (Fsp3) is 0.167. The Kier molecular flexibility index (Phi) is 3.56. The van der Waals surface area contributed by atoms with E-state index in [1.165, 1.54) is 17.0 Å². The lowest BCUT2D eigenvalue weighted by atomic mass is 9.55. The monoisotopic (exact) mass is 398 g/mol. The van der Waals surface area contributed by atoms with Crippen LogP contribution in [-0.2, 0) is 9.59 Å². The highest BCUT2D eigenvalue weighted by Crippen LogP contribution is 2.61. The van der Waals surface area contributed by atoms with Crippen molar-refractivity contribution in [2.24, 2.45) is 11.8 Å². The number of imide groups is 1. The maximum atomic E-state index is 13.6. The molecule has 3 aromatic carbocycles. The third-order valence-electron chi connectivity index (χ3n) is 6.80. The summed E-state index contributed by atoms with van der Waals surface area (Å²) in [6, 6.07) is 22.2. The number of anilines is 1. The lowest BCUT2D eigenvalue weighted by molar-refractivity contribution is -0.991. The van der Waals surface area contributed by atoms with Gasteiger partial charge in [-0.2, -0.15) is 5.23 Å². The molecule has 1 fully saturated rings. The van der Waals surface area contributed by atoms with Gasteiger partial charge in [-0.1, -0.05) is 54.6 Å². The van der Waals surface area contributed by atoms with Gasteiger partial charge in [-0.15, -0.1) is 0 Å². The Hall–Kier alpha value is -3.32. The summed E-state index contributed by atoms with van der Waals surface area (Å²) in [6.07, 6.45) is 0. The predicted molar refractivity (Wildman–Crippen MR) is 108 cm³/mol. The van der Waals surface area contributed by atoms with Crippen LogP contribution in [0.15, 0.2) is 72.8 Å². The standard InChI is InChI=1S/C24H18N2O4/c27-23-21-19-15-8-1-2-9-16(15)20(18-11-4-3-10-17(18)19)22(21)24(28)25(23)13-6-5-7-14(12-13)26(29)30/h1-12,19-22,26,29H/t19?,20?,21-,22-/m0/s1. The Morgan fingerprint density at radius 1 is 0.733 bits per heavy atom. The number of amides is 2. The number of carbonyl (C=O) groups excluding carboxylic acids is 2. The maximum absolute atomic E-state index is 13.6. The molecule has 3 atom stereocenters. The molecule has 30 heavy (non-hydrogen) atoms. The highest BCUT2D eigenvalue weighted by atomic mass is 16.8. The van der Waals surface area contributed by atoms with Crippen molar-refractivity contribution in [3.63, 3.8) is 0 Å². The van der Waals surface area contributed by atoms with Crippen molar-refractivity contribution < 1.29 is 20.0 Å². The van der Waals surface area contributed by atoms with E-state index in [1.807, 2.05) is 24.3 Å². The number of hydrogen-bond donors (Lipinski definition) is 2. The minimum absolute atomic E-state index is 0.0533. The molecule has 6 heteroatoms. The van der Waals surface area contributed by atoms with Gasteiger partial charge in [-0.05, 0) is 28.3 Å². The molecule has 1 saturated heterocycles. The van der Waals surface area contributed by atoms with Crippen LogP contribution in [0.2, 0.25) is 0 Å². The van der Waals surface area contributed by atoms with Crippen molar-refractivity contribution in [2.75, 3.05) is 4.90 Å². The summed E-state index contributed by atoms with van der Waals surface area (Å²) in [5.74, 6) is -1.77. The van der Waals surface area contributed by atoms with E-state index in [0.29, 0.717) is 5.69 Å². The summed E-state index contributed by atoms with van der Waals surface area (Å²) in [6.45, 7) is 0. The molecule has 1 aliphatic heterocycles. The Morgan fingerprint density at radius 3 is 1.63 bits per heavy atom. The number of benzene rings is 3. The third-order valence-corrected chi connectivity index (χ3v) is 6.80. The van der Waals surface area contributed by atoms with Gasteiger partial charge in [-0.3, -0.25) is 9.59 Å². The Bertz CT molecular complexity index is 1110. The van der Waals surface area contributed by atoms with Crippen LogP contribution < -0.4 is 10.1 Å². The summed E-state index contributed by atoms with van der Waals surface area (Å²) in [5, 5.41) is 19.6. The van der Waals surface area contributed by atoms with Gasteiger partial charge in [0.1, 0.15) is 0 Å². The first-order chi connectivity index (χ1) is 14.6. The van der Waals surface area contributed by atoms with E-state index >= 15 is 0 Å². The van der Waals surface area contributed by atoms with Crippen LogP contribution >= 0.6 is 0 Å². The van der Waals surface area contributed by atoms with Crippen molar-refractivity contribution in [1.29, 1.82) is 0 Å². The Labute approximate surface area is 172 Å². The highest BCUT2D eigenvalue weighted by molar-refractivity contribution is 6.23. The second-order valence-corrected chi connectivity index (χ2v) is 8.13. The normalized spacial score (nSPS) is 26.9. The fourth-order valence-electron chi connectivity index (χ4n) is 5.71. The minimum atomic E-state index is -1.09. The number of quaternary nitrogens is 1. The van der Waals surface area contributed by atoms with E-state index in [-0.39, 0.29) is 29.3 Å². The van der Waals surface area contributed by atoms with E-state index in [0.717, 1.165) is 22.3 Å². The predicted octanol–water partition coefficient (Wildman–Crippen LogP) is 2.49. The first-order valence-electron chi connectivity index (χ1n) is 9.96. The van der Waals surface area contributed by atoms with E-state index in [2.05, 4.69) is 24.3 Å². The maximum Gasteiger partial charge on any atom is 0.238 e. The molecule has 2 N–H and O–H groups in total. The lowest BCUT2D eigenvalue weighted by Gasteiger charge is -2.45. The van der Waals surface area contributed by atoms with Crippen LogP contribution in [0.4, 0.5) is 11.4 Å². The van der Waals surface area contributed by atoms with E-state index in [9.17, 15) is 20.0 Å². The van der Waals surface area contributed by atoms with Crippen LogP contribution in [0.3, 0.4) is 0 Å². The molecule has 1 heterocycles. The topological polar surface area (TPSA) is 85.1 Å². The van der Waals surface area contributed by atoms with Crippen LogP contribution in [0, 0.1) is 17.0 Å². The smallest absolute Gasteiger partial charge is 0.238 e. The molecule has 2 bridgehead atoms. The number of rotatable bonds is 2. The van der Waals surface area contributed by atoms with Crippen molar-refractivity contribution in [1.82, 2.24) is 0 Å². The number of nitrogens with one attached hydrogen (secondary N) is 1. The molecule has 0 saturated carbocycles.